The Bertz CT molecular complexity index is 1940. The zero-order valence-electron chi connectivity index (χ0n) is 29.8. The molecule has 7 rings (SSSR count). The summed E-state index contributed by atoms with van der Waals surface area (Å²) >= 11 is 0. The highest BCUT2D eigenvalue weighted by Gasteiger charge is 2.44. The minimum absolute atomic E-state index is 0.0118. The Labute approximate surface area is 301 Å². The quantitative estimate of drug-likeness (QED) is 0.222. The van der Waals surface area contributed by atoms with E-state index in [1.807, 2.05) is 24.9 Å². The van der Waals surface area contributed by atoms with Crippen molar-refractivity contribution in [2.75, 3.05) is 33.9 Å². The molecule has 0 unspecified atom stereocenters. The maximum atomic E-state index is 13.5. The summed E-state index contributed by atoms with van der Waals surface area (Å²) in [5, 5.41) is 2.69. The summed E-state index contributed by atoms with van der Waals surface area (Å²) in [7, 11) is 2.62. The van der Waals surface area contributed by atoms with Crippen molar-refractivity contribution in [2.24, 2.45) is 5.92 Å². The number of ether oxygens (including phenoxy) is 2. The van der Waals surface area contributed by atoms with Crippen molar-refractivity contribution in [3.05, 3.63) is 72.6 Å². The smallest absolute Gasteiger partial charge is 0.410 e. The monoisotopic (exact) mass is 708 g/mol. The number of amides is 4. The number of piperazine rings is 1. The topological polar surface area (TPSA) is 166 Å². The molecule has 0 bridgehead atoms. The Kier molecular flexibility index (Phi) is 9.71. The van der Waals surface area contributed by atoms with Crippen molar-refractivity contribution in [2.45, 2.75) is 63.7 Å². The normalized spacial score (nSPS) is 20.6. The average molecular weight is 709 g/mol. The van der Waals surface area contributed by atoms with Crippen molar-refractivity contribution in [3.63, 3.8) is 0 Å². The number of alkyl carbamates (subject to hydrolysis) is 1. The van der Waals surface area contributed by atoms with Gasteiger partial charge in [0.2, 0.25) is 11.8 Å². The van der Waals surface area contributed by atoms with E-state index in [9.17, 15) is 19.2 Å². The molecule has 3 saturated heterocycles. The standard InChI is InChI=1S/C38H44N8O6/c1-22(2)33(43-37(49)51-3)36(48)45-17-5-6-30(45)34-39-18-28(41-34)25-11-7-23(8-12-25)24-9-13-26(14-10-24)29-19-40-35(42-29)31-16-15-27-20-44(38(50)52-4)21-32(47)46(27)31/h7-14,18-19,22,27,30-31,33H,5-6,15-17,20-21H2,1-4H3,(H,39,41)(H,40,42)(H,43,49)/t27-,30-,31+,33-/m0/s1. The molecule has 2 aromatic carbocycles. The van der Waals surface area contributed by atoms with Gasteiger partial charge in [0.05, 0.1) is 56.1 Å². The molecule has 4 amide bonds. The van der Waals surface area contributed by atoms with Gasteiger partial charge in [-0.1, -0.05) is 62.4 Å². The van der Waals surface area contributed by atoms with Gasteiger partial charge in [0, 0.05) is 13.1 Å². The Hall–Kier alpha value is -5.66. The fourth-order valence-corrected chi connectivity index (χ4v) is 7.72. The minimum atomic E-state index is -0.684. The van der Waals surface area contributed by atoms with Crippen LogP contribution in [0.2, 0.25) is 0 Å². The van der Waals surface area contributed by atoms with Gasteiger partial charge in [0.15, 0.2) is 0 Å². The summed E-state index contributed by atoms with van der Waals surface area (Å²) in [6.07, 6.45) is 5.72. The predicted octanol–water partition coefficient (Wildman–Crippen LogP) is 5.29. The lowest BCUT2D eigenvalue weighted by atomic mass is 10.0. The third-order valence-corrected chi connectivity index (χ3v) is 10.5. The van der Waals surface area contributed by atoms with E-state index in [1.54, 1.807) is 11.1 Å². The second-order valence-corrected chi connectivity index (χ2v) is 14.0. The van der Waals surface area contributed by atoms with E-state index >= 15 is 0 Å². The van der Waals surface area contributed by atoms with Crippen molar-refractivity contribution in [1.82, 2.24) is 40.0 Å². The van der Waals surface area contributed by atoms with Crippen LogP contribution in [-0.4, -0.2) is 105 Å². The highest BCUT2D eigenvalue weighted by atomic mass is 16.5. The number of nitrogens with one attached hydrogen (secondary N) is 3. The molecule has 14 heteroatoms. The van der Waals surface area contributed by atoms with Crippen LogP contribution in [0.25, 0.3) is 33.6 Å². The largest absolute Gasteiger partial charge is 0.453 e. The molecule has 3 aliphatic heterocycles. The molecule has 2 aromatic heterocycles. The first kappa shape index (κ1) is 34.8. The number of benzene rings is 2. The molecule has 5 heterocycles. The Morgan fingerprint density at radius 3 is 1.94 bits per heavy atom. The highest BCUT2D eigenvalue weighted by Crippen LogP contribution is 2.38. The summed E-state index contributed by atoms with van der Waals surface area (Å²) in [5.41, 5.74) is 5.83. The molecule has 0 aliphatic carbocycles. The number of carbonyl (C=O) groups excluding carboxylic acids is 4. The summed E-state index contributed by atoms with van der Waals surface area (Å²) in [6.45, 7) is 4.87. The van der Waals surface area contributed by atoms with Crippen LogP contribution in [0.4, 0.5) is 9.59 Å². The number of imidazole rings is 2. The van der Waals surface area contributed by atoms with Crippen molar-refractivity contribution in [1.29, 1.82) is 0 Å². The highest BCUT2D eigenvalue weighted by molar-refractivity contribution is 5.86. The van der Waals surface area contributed by atoms with Crippen LogP contribution in [0.15, 0.2) is 60.9 Å². The number of H-pyrrole nitrogens is 2. The average Bonchev–Trinajstić information content (AvgIpc) is 3.99. The summed E-state index contributed by atoms with van der Waals surface area (Å²) in [6, 6.07) is 15.4. The fraction of sp³-hybridized carbons (Fsp3) is 0.421. The molecule has 3 N–H and O–H groups in total. The summed E-state index contributed by atoms with van der Waals surface area (Å²) in [5.74, 6) is 1.14. The van der Waals surface area contributed by atoms with Gasteiger partial charge in [-0.05, 0) is 53.9 Å². The number of fused-ring (bicyclic) bond motifs is 1. The third kappa shape index (κ3) is 6.72. The van der Waals surface area contributed by atoms with Crippen LogP contribution in [-0.2, 0) is 19.1 Å². The minimum Gasteiger partial charge on any atom is -0.453 e. The molecule has 14 nitrogen and oxygen atoms in total. The third-order valence-electron chi connectivity index (χ3n) is 10.5. The molecule has 4 aromatic rings. The van der Waals surface area contributed by atoms with Gasteiger partial charge < -0.3 is 34.6 Å². The van der Waals surface area contributed by atoms with Crippen LogP contribution in [0.5, 0.6) is 0 Å². The number of aromatic nitrogens is 4. The number of rotatable bonds is 8. The number of hydrogen-bond donors (Lipinski definition) is 3. The van der Waals surface area contributed by atoms with Crippen molar-refractivity contribution < 1.29 is 28.7 Å². The van der Waals surface area contributed by atoms with Crippen LogP contribution in [0.3, 0.4) is 0 Å². The van der Waals surface area contributed by atoms with Gasteiger partial charge >= 0.3 is 12.2 Å². The summed E-state index contributed by atoms with van der Waals surface area (Å²) in [4.78, 5) is 71.8. The first-order valence-corrected chi connectivity index (χ1v) is 17.7. The Morgan fingerprint density at radius 1 is 0.808 bits per heavy atom. The molecular formula is C38H44N8O6. The van der Waals surface area contributed by atoms with E-state index in [2.05, 4.69) is 73.8 Å². The van der Waals surface area contributed by atoms with Crippen LogP contribution < -0.4 is 5.32 Å². The molecule has 52 heavy (non-hydrogen) atoms. The SMILES string of the molecule is COC(=O)N[C@H](C(=O)N1CCC[C@H]1c1ncc(-c2ccc(-c3ccc(-c4cnc([C@H]5CC[C@H]6CN(C(=O)OC)CC(=O)N65)[nH]4)cc3)cc2)[nH]1)C(C)C. The fourth-order valence-electron chi connectivity index (χ4n) is 7.72. The lowest BCUT2D eigenvalue weighted by Gasteiger charge is -2.38. The van der Waals surface area contributed by atoms with Gasteiger partial charge in [-0.15, -0.1) is 0 Å². The molecule has 0 radical (unpaired) electrons. The zero-order chi connectivity index (χ0) is 36.5. The second-order valence-electron chi connectivity index (χ2n) is 14.0. The lowest BCUT2D eigenvalue weighted by Crippen LogP contribution is -2.55. The lowest BCUT2D eigenvalue weighted by molar-refractivity contribution is -0.139. The van der Waals surface area contributed by atoms with Gasteiger partial charge in [-0.25, -0.2) is 19.6 Å². The number of nitrogens with zero attached hydrogens (tertiary/aromatic N) is 5. The number of methoxy groups -OCH3 is 2. The number of aromatic amines is 2. The summed E-state index contributed by atoms with van der Waals surface area (Å²) < 4.78 is 9.58. The molecule has 3 fully saturated rings. The maximum absolute atomic E-state index is 13.5. The van der Waals surface area contributed by atoms with Gasteiger partial charge in [-0.2, -0.15) is 0 Å². The van der Waals surface area contributed by atoms with Crippen molar-refractivity contribution >= 4 is 24.0 Å². The Balaban J connectivity index is 0.997. The predicted molar refractivity (Wildman–Crippen MR) is 191 cm³/mol. The molecule has 4 atom stereocenters. The molecule has 3 aliphatic rings. The molecule has 272 valence electrons. The van der Waals surface area contributed by atoms with Crippen LogP contribution in [0.1, 0.15) is 63.3 Å². The van der Waals surface area contributed by atoms with Crippen LogP contribution in [0, 0.1) is 5.92 Å². The number of likely N-dealkylation sites (tertiary alicyclic amines) is 1. The number of hydrogen-bond acceptors (Lipinski definition) is 8. The van der Waals surface area contributed by atoms with Gasteiger partial charge in [-0.3, -0.25) is 14.5 Å². The van der Waals surface area contributed by atoms with Gasteiger partial charge in [0.1, 0.15) is 24.2 Å². The van der Waals surface area contributed by atoms with E-state index in [0.717, 1.165) is 71.0 Å². The first-order valence-electron chi connectivity index (χ1n) is 17.7. The van der Waals surface area contributed by atoms with E-state index in [4.69, 9.17) is 9.47 Å². The van der Waals surface area contributed by atoms with Gasteiger partial charge in [0.25, 0.3) is 0 Å². The second kappa shape index (κ2) is 14.5. The van der Waals surface area contributed by atoms with E-state index in [0.29, 0.717) is 13.1 Å². The van der Waals surface area contributed by atoms with Crippen molar-refractivity contribution in [3.8, 4) is 33.6 Å². The molecule has 0 spiro atoms. The van der Waals surface area contributed by atoms with E-state index < -0.39 is 18.2 Å². The van der Waals surface area contributed by atoms with E-state index in [-0.39, 0.29) is 42.4 Å². The maximum Gasteiger partial charge on any atom is 0.410 e. The number of carbonyl (C=O) groups is 4. The molecular weight excluding hydrogens is 664 g/mol. The molecule has 0 saturated carbocycles. The first-order chi connectivity index (χ1) is 25.1. The Morgan fingerprint density at radius 2 is 1.38 bits per heavy atom. The zero-order valence-corrected chi connectivity index (χ0v) is 29.8. The van der Waals surface area contributed by atoms with E-state index in [1.165, 1.54) is 19.1 Å². The van der Waals surface area contributed by atoms with Crippen LogP contribution >= 0.6 is 0 Å².